The van der Waals surface area contributed by atoms with Crippen LogP contribution in [0.2, 0.25) is 0 Å². The van der Waals surface area contributed by atoms with E-state index in [1.165, 1.54) is 0 Å². The fourth-order valence-corrected chi connectivity index (χ4v) is 0.939. The maximum Gasteiger partial charge on any atom is 0.404 e. The van der Waals surface area contributed by atoms with Gasteiger partial charge < -0.3 is 20.3 Å². The molecule has 13 heavy (non-hydrogen) atoms. The Morgan fingerprint density at radius 2 is 2.15 bits per heavy atom. The molecule has 0 saturated carbocycles. The number of carbonyl (C=O) groups is 1. The van der Waals surface area contributed by atoms with Crippen molar-refractivity contribution in [2.75, 3.05) is 13.7 Å². The first kappa shape index (κ1) is 12.2. The molecule has 0 bridgehead atoms. The predicted octanol–water partition coefficient (Wildman–Crippen LogP) is 0.258. The normalized spacial score (nSPS) is 13.8. The first-order valence-electron chi connectivity index (χ1n) is 4.03. The standard InChI is InChI=1S/C8H17NO4/c1-8(2,12-3)4-6(5-10)13-7(9)11/h6,10H,4-5H2,1-3H3,(H2,9,11). The quantitative estimate of drug-likeness (QED) is 0.653. The van der Waals surface area contributed by atoms with E-state index in [2.05, 4.69) is 4.74 Å². The highest BCUT2D eigenvalue weighted by atomic mass is 16.6. The van der Waals surface area contributed by atoms with Gasteiger partial charge in [0.25, 0.3) is 0 Å². The second-order valence-corrected chi connectivity index (χ2v) is 3.41. The maximum atomic E-state index is 10.4. The van der Waals surface area contributed by atoms with Crippen LogP contribution in [0.3, 0.4) is 0 Å². The molecule has 0 aromatic heterocycles. The molecule has 1 unspecified atom stereocenters. The fourth-order valence-electron chi connectivity index (χ4n) is 0.939. The van der Waals surface area contributed by atoms with Crippen LogP contribution in [0.1, 0.15) is 20.3 Å². The van der Waals surface area contributed by atoms with E-state index in [9.17, 15) is 4.79 Å². The Kier molecular flexibility index (Phi) is 4.72. The van der Waals surface area contributed by atoms with Crippen LogP contribution in [0.15, 0.2) is 0 Å². The number of aliphatic hydroxyl groups is 1. The van der Waals surface area contributed by atoms with Crippen LogP contribution in [0.4, 0.5) is 4.79 Å². The summed E-state index contributed by atoms with van der Waals surface area (Å²) < 4.78 is 9.75. The number of rotatable bonds is 5. The van der Waals surface area contributed by atoms with Gasteiger partial charge in [0.15, 0.2) is 0 Å². The van der Waals surface area contributed by atoms with E-state index in [0.717, 1.165) is 0 Å². The number of primary amides is 1. The average molecular weight is 191 g/mol. The SMILES string of the molecule is COC(C)(C)CC(CO)OC(N)=O. The molecule has 0 fully saturated rings. The molecule has 0 radical (unpaired) electrons. The Hall–Kier alpha value is -0.810. The van der Waals surface area contributed by atoms with Gasteiger partial charge >= 0.3 is 6.09 Å². The number of hydrogen-bond donors (Lipinski definition) is 2. The summed E-state index contributed by atoms with van der Waals surface area (Å²) in [6.45, 7) is 3.41. The zero-order valence-electron chi connectivity index (χ0n) is 8.24. The van der Waals surface area contributed by atoms with Gasteiger partial charge in [-0.25, -0.2) is 4.79 Å². The zero-order valence-corrected chi connectivity index (χ0v) is 8.24. The minimum atomic E-state index is -0.883. The van der Waals surface area contributed by atoms with Crippen molar-refractivity contribution in [2.45, 2.75) is 32.0 Å². The molecule has 0 aliphatic carbocycles. The molecule has 0 saturated heterocycles. The van der Waals surface area contributed by atoms with Gasteiger partial charge in [0.05, 0.1) is 12.2 Å². The fraction of sp³-hybridized carbons (Fsp3) is 0.875. The molecular formula is C8H17NO4. The van der Waals surface area contributed by atoms with Gasteiger partial charge in [0.1, 0.15) is 6.10 Å². The monoisotopic (exact) mass is 191 g/mol. The molecule has 0 heterocycles. The van der Waals surface area contributed by atoms with E-state index in [1.807, 2.05) is 13.8 Å². The third-order valence-corrected chi connectivity index (χ3v) is 1.76. The molecule has 78 valence electrons. The summed E-state index contributed by atoms with van der Waals surface area (Å²) in [6.07, 6.45) is -1.08. The lowest BCUT2D eigenvalue weighted by Crippen LogP contribution is -2.34. The van der Waals surface area contributed by atoms with Gasteiger partial charge in [0, 0.05) is 13.5 Å². The predicted molar refractivity (Wildman–Crippen MR) is 47.2 cm³/mol. The Bertz CT molecular complexity index is 170. The van der Waals surface area contributed by atoms with Crippen molar-refractivity contribution in [3.05, 3.63) is 0 Å². The van der Waals surface area contributed by atoms with Crippen molar-refractivity contribution in [3.63, 3.8) is 0 Å². The highest BCUT2D eigenvalue weighted by Gasteiger charge is 2.24. The summed E-state index contributed by atoms with van der Waals surface area (Å²) in [4.78, 5) is 10.4. The average Bonchev–Trinajstić information content (AvgIpc) is 2.02. The number of methoxy groups -OCH3 is 1. The summed E-state index contributed by atoms with van der Waals surface area (Å²) in [6, 6.07) is 0. The third kappa shape index (κ3) is 5.43. The van der Waals surface area contributed by atoms with Crippen molar-refractivity contribution < 1.29 is 19.4 Å². The number of nitrogens with two attached hydrogens (primary N) is 1. The molecule has 3 N–H and O–H groups in total. The van der Waals surface area contributed by atoms with Crippen molar-refractivity contribution in [1.82, 2.24) is 0 Å². The number of carbonyl (C=O) groups excluding carboxylic acids is 1. The lowest BCUT2D eigenvalue weighted by Gasteiger charge is -2.26. The first-order chi connectivity index (χ1) is 5.91. The minimum absolute atomic E-state index is 0.254. The van der Waals surface area contributed by atoms with Crippen molar-refractivity contribution in [1.29, 1.82) is 0 Å². The number of hydrogen-bond acceptors (Lipinski definition) is 4. The molecule has 5 nitrogen and oxygen atoms in total. The van der Waals surface area contributed by atoms with E-state index in [4.69, 9.17) is 15.6 Å². The van der Waals surface area contributed by atoms with Crippen LogP contribution in [0, 0.1) is 0 Å². The van der Waals surface area contributed by atoms with Crippen molar-refractivity contribution in [3.8, 4) is 0 Å². The van der Waals surface area contributed by atoms with Gasteiger partial charge in [-0.1, -0.05) is 0 Å². The third-order valence-electron chi connectivity index (χ3n) is 1.76. The highest BCUT2D eigenvalue weighted by Crippen LogP contribution is 2.17. The van der Waals surface area contributed by atoms with Crippen molar-refractivity contribution >= 4 is 6.09 Å². The Balaban J connectivity index is 4.04. The topological polar surface area (TPSA) is 81.8 Å². The van der Waals surface area contributed by atoms with Crippen LogP contribution in [-0.2, 0) is 9.47 Å². The molecule has 0 aliphatic heterocycles. The molecular weight excluding hydrogens is 174 g/mol. The Morgan fingerprint density at radius 3 is 2.46 bits per heavy atom. The second kappa shape index (κ2) is 5.04. The zero-order chi connectivity index (χ0) is 10.5. The van der Waals surface area contributed by atoms with Gasteiger partial charge in [-0.15, -0.1) is 0 Å². The smallest absolute Gasteiger partial charge is 0.404 e. The maximum absolute atomic E-state index is 10.4. The van der Waals surface area contributed by atoms with Gasteiger partial charge in [-0.05, 0) is 13.8 Å². The van der Waals surface area contributed by atoms with Gasteiger partial charge in [-0.2, -0.15) is 0 Å². The summed E-state index contributed by atoms with van der Waals surface area (Å²) in [5.74, 6) is 0. The summed E-state index contributed by atoms with van der Waals surface area (Å²) >= 11 is 0. The highest BCUT2D eigenvalue weighted by molar-refractivity contribution is 5.64. The largest absolute Gasteiger partial charge is 0.444 e. The van der Waals surface area contributed by atoms with Gasteiger partial charge in [0.2, 0.25) is 0 Å². The number of ether oxygens (including phenoxy) is 2. The summed E-state index contributed by atoms with van der Waals surface area (Å²) in [7, 11) is 1.55. The number of aliphatic hydroxyl groups excluding tert-OH is 1. The molecule has 1 amide bonds. The van der Waals surface area contributed by atoms with E-state index in [-0.39, 0.29) is 6.61 Å². The molecule has 0 aromatic carbocycles. The molecule has 0 rings (SSSR count). The van der Waals surface area contributed by atoms with Crippen LogP contribution in [-0.4, -0.2) is 36.6 Å². The molecule has 0 spiro atoms. The molecule has 1 atom stereocenters. The van der Waals surface area contributed by atoms with Crippen molar-refractivity contribution in [2.24, 2.45) is 5.73 Å². The van der Waals surface area contributed by atoms with Crippen LogP contribution >= 0.6 is 0 Å². The molecule has 5 heteroatoms. The second-order valence-electron chi connectivity index (χ2n) is 3.41. The first-order valence-corrected chi connectivity index (χ1v) is 4.03. The van der Waals surface area contributed by atoms with Crippen LogP contribution in [0.25, 0.3) is 0 Å². The van der Waals surface area contributed by atoms with E-state index >= 15 is 0 Å². The summed E-state index contributed by atoms with van der Waals surface area (Å²) in [5, 5.41) is 8.85. The Morgan fingerprint density at radius 1 is 1.62 bits per heavy atom. The minimum Gasteiger partial charge on any atom is -0.444 e. The lowest BCUT2D eigenvalue weighted by molar-refractivity contribution is -0.0358. The number of amides is 1. The lowest BCUT2D eigenvalue weighted by atomic mass is 10.0. The van der Waals surface area contributed by atoms with Crippen LogP contribution < -0.4 is 5.73 Å². The summed E-state index contributed by atoms with van der Waals surface area (Å²) in [5.41, 5.74) is 4.37. The van der Waals surface area contributed by atoms with E-state index in [0.29, 0.717) is 6.42 Å². The molecule has 0 aromatic rings. The van der Waals surface area contributed by atoms with E-state index in [1.54, 1.807) is 7.11 Å². The van der Waals surface area contributed by atoms with Gasteiger partial charge in [-0.3, -0.25) is 0 Å². The van der Waals surface area contributed by atoms with E-state index < -0.39 is 17.8 Å². The molecule has 0 aliphatic rings. The van der Waals surface area contributed by atoms with Crippen LogP contribution in [0.5, 0.6) is 0 Å². The Labute approximate surface area is 77.8 Å².